The van der Waals surface area contributed by atoms with E-state index in [1.54, 1.807) is 25.3 Å². The number of nitrogens with one attached hydrogen (secondary N) is 1. The highest BCUT2D eigenvalue weighted by molar-refractivity contribution is 5.95. The van der Waals surface area contributed by atoms with Gasteiger partial charge in [0, 0.05) is 18.0 Å². The number of hydrogen-bond acceptors (Lipinski definition) is 3. The maximum Gasteiger partial charge on any atom is 0.251 e. The summed E-state index contributed by atoms with van der Waals surface area (Å²) in [6, 6.07) is 13.7. The van der Waals surface area contributed by atoms with Gasteiger partial charge in [0.1, 0.15) is 0 Å². The highest BCUT2D eigenvalue weighted by atomic mass is 19.1. The van der Waals surface area contributed by atoms with Gasteiger partial charge in [-0.1, -0.05) is 29.8 Å². The molecular formula is C24H30FNO3. The Morgan fingerprint density at radius 3 is 2.59 bits per heavy atom. The molecule has 29 heavy (non-hydrogen) atoms. The molecule has 0 heterocycles. The van der Waals surface area contributed by atoms with E-state index in [1.807, 2.05) is 6.07 Å². The van der Waals surface area contributed by atoms with Crippen LogP contribution in [0.2, 0.25) is 0 Å². The van der Waals surface area contributed by atoms with Crippen LogP contribution in [-0.4, -0.2) is 32.3 Å². The first-order valence-electron chi connectivity index (χ1n) is 10.3. The summed E-state index contributed by atoms with van der Waals surface area (Å²) in [5.41, 5.74) is 2.98. The smallest absolute Gasteiger partial charge is 0.251 e. The number of benzene rings is 2. The summed E-state index contributed by atoms with van der Waals surface area (Å²) in [5.74, 6) is 1.20. The first-order chi connectivity index (χ1) is 14.1. The Labute approximate surface area is 172 Å². The number of halogens is 1. The fraction of sp³-hybridized carbons (Fsp3) is 0.458. The van der Waals surface area contributed by atoms with E-state index in [-0.39, 0.29) is 24.5 Å². The maximum absolute atomic E-state index is 12.8. The van der Waals surface area contributed by atoms with E-state index in [0.29, 0.717) is 23.7 Å². The summed E-state index contributed by atoms with van der Waals surface area (Å²) in [7, 11) is 1.59. The SMILES string of the molecule is COc1ccc(C(=O)NC2CCC(CF)CC2)cc1OCCc1cccc(C)c1. The normalized spacial score (nSPS) is 18.9. The van der Waals surface area contributed by atoms with Crippen molar-refractivity contribution in [3.8, 4) is 11.5 Å². The van der Waals surface area contributed by atoms with Gasteiger partial charge in [0.25, 0.3) is 5.91 Å². The minimum Gasteiger partial charge on any atom is -0.493 e. The van der Waals surface area contributed by atoms with E-state index in [2.05, 4.69) is 30.4 Å². The van der Waals surface area contributed by atoms with Crippen molar-refractivity contribution in [1.29, 1.82) is 0 Å². The number of carbonyl (C=O) groups is 1. The molecule has 0 aromatic heterocycles. The van der Waals surface area contributed by atoms with Crippen LogP contribution < -0.4 is 14.8 Å². The van der Waals surface area contributed by atoms with Gasteiger partial charge in [-0.05, 0) is 62.3 Å². The molecule has 0 spiro atoms. The molecule has 0 atom stereocenters. The van der Waals surface area contributed by atoms with Gasteiger partial charge in [0.15, 0.2) is 11.5 Å². The zero-order valence-electron chi connectivity index (χ0n) is 17.2. The van der Waals surface area contributed by atoms with Gasteiger partial charge in [0.05, 0.1) is 20.4 Å². The van der Waals surface area contributed by atoms with Crippen molar-refractivity contribution in [2.75, 3.05) is 20.4 Å². The molecule has 0 saturated heterocycles. The first-order valence-corrected chi connectivity index (χ1v) is 10.3. The fourth-order valence-corrected chi connectivity index (χ4v) is 3.81. The molecule has 3 rings (SSSR count). The summed E-state index contributed by atoms with van der Waals surface area (Å²) in [4.78, 5) is 12.7. The standard InChI is InChI=1S/C24H30FNO3/c1-17-4-3-5-18(14-17)12-13-29-23-15-20(8-11-22(23)28-2)24(27)26-21-9-6-19(16-25)7-10-21/h3-5,8,11,14-15,19,21H,6-7,9-10,12-13,16H2,1-2H3,(H,26,27). The molecule has 0 bridgehead atoms. The van der Waals surface area contributed by atoms with Crippen LogP contribution in [-0.2, 0) is 6.42 Å². The Balaban J connectivity index is 1.59. The summed E-state index contributed by atoms with van der Waals surface area (Å²) >= 11 is 0. The summed E-state index contributed by atoms with van der Waals surface area (Å²) < 4.78 is 24.1. The molecule has 0 radical (unpaired) electrons. The molecule has 1 aliphatic carbocycles. The third kappa shape index (κ3) is 5.96. The molecule has 1 amide bonds. The third-order valence-electron chi connectivity index (χ3n) is 5.56. The Bertz CT molecular complexity index is 816. The lowest BCUT2D eigenvalue weighted by atomic mass is 9.87. The first kappa shape index (κ1) is 21.2. The minimum atomic E-state index is -0.262. The van der Waals surface area contributed by atoms with E-state index in [4.69, 9.17) is 9.47 Å². The average molecular weight is 400 g/mol. The van der Waals surface area contributed by atoms with Crippen LogP contribution in [0.25, 0.3) is 0 Å². The summed E-state index contributed by atoms with van der Waals surface area (Å²) in [6.45, 7) is 2.31. The Kier molecular flexibility index (Phi) is 7.50. The second-order valence-corrected chi connectivity index (χ2v) is 7.80. The van der Waals surface area contributed by atoms with E-state index >= 15 is 0 Å². The number of amides is 1. The van der Waals surface area contributed by atoms with Gasteiger partial charge in [-0.25, -0.2) is 0 Å². The number of ether oxygens (including phenoxy) is 2. The molecule has 156 valence electrons. The van der Waals surface area contributed by atoms with Gasteiger partial charge in [-0.3, -0.25) is 9.18 Å². The molecule has 4 nitrogen and oxygen atoms in total. The zero-order chi connectivity index (χ0) is 20.6. The van der Waals surface area contributed by atoms with Crippen molar-refractivity contribution >= 4 is 5.91 Å². The predicted molar refractivity (Wildman–Crippen MR) is 113 cm³/mol. The van der Waals surface area contributed by atoms with Crippen LogP contribution in [0.1, 0.15) is 47.2 Å². The number of aryl methyl sites for hydroxylation is 1. The lowest BCUT2D eigenvalue weighted by molar-refractivity contribution is 0.0919. The van der Waals surface area contributed by atoms with Gasteiger partial charge >= 0.3 is 0 Å². The number of methoxy groups -OCH3 is 1. The summed E-state index contributed by atoms with van der Waals surface area (Å²) in [5, 5.41) is 3.07. The Morgan fingerprint density at radius 2 is 1.90 bits per heavy atom. The molecule has 1 aliphatic rings. The molecule has 1 fully saturated rings. The van der Waals surface area contributed by atoms with Crippen molar-refractivity contribution in [3.05, 3.63) is 59.2 Å². The van der Waals surface area contributed by atoms with Crippen molar-refractivity contribution in [1.82, 2.24) is 5.32 Å². The van der Waals surface area contributed by atoms with E-state index < -0.39 is 0 Å². The van der Waals surface area contributed by atoms with Gasteiger partial charge in [-0.2, -0.15) is 0 Å². The quantitative estimate of drug-likeness (QED) is 0.688. The second kappa shape index (κ2) is 10.3. The lowest BCUT2D eigenvalue weighted by Crippen LogP contribution is -2.37. The van der Waals surface area contributed by atoms with Crippen LogP contribution >= 0.6 is 0 Å². The minimum absolute atomic E-state index is 0.109. The van der Waals surface area contributed by atoms with Crippen molar-refractivity contribution < 1.29 is 18.7 Å². The van der Waals surface area contributed by atoms with E-state index in [9.17, 15) is 9.18 Å². The molecule has 5 heteroatoms. The monoisotopic (exact) mass is 399 g/mol. The van der Waals surface area contributed by atoms with E-state index in [1.165, 1.54) is 11.1 Å². The average Bonchev–Trinajstić information content (AvgIpc) is 2.74. The fourth-order valence-electron chi connectivity index (χ4n) is 3.81. The molecule has 0 aliphatic heterocycles. The Hall–Kier alpha value is -2.56. The van der Waals surface area contributed by atoms with Gasteiger partial charge in [0.2, 0.25) is 0 Å². The number of carbonyl (C=O) groups excluding carboxylic acids is 1. The Morgan fingerprint density at radius 1 is 1.10 bits per heavy atom. The topological polar surface area (TPSA) is 47.6 Å². The number of hydrogen-bond donors (Lipinski definition) is 1. The van der Waals surface area contributed by atoms with Crippen LogP contribution in [0.15, 0.2) is 42.5 Å². The molecular weight excluding hydrogens is 369 g/mol. The highest BCUT2D eigenvalue weighted by Gasteiger charge is 2.23. The van der Waals surface area contributed by atoms with Crippen LogP contribution in [0, 0.1) is 12.8 Å². The van der Waals surface area contributed by atoms with Crippen LogP contribution in [0.5, 0.6) is 11.5 Å². The second-order valence-electron chi connectivity index (χ2n) is 7.80. The summed E-state index contributed by atoms with van der Waals surface area (Å²) in [6.07, 6.45) is 4.10. The van der Waals surface area contributed by atoms with E-state index in [0.717, 1.165) is 32.1 Å². The molecule has 2 aromatic rings. The van der Waals surface area contributed by atoms with Gasteiger partial charge in [-0.15, -0.1) is 0 Å². The maximum atomic E-state index is 12.8. The third-order valence-corrected chi connectivity index (χ3v) is 5.56. The highest BCUT2D eigenvalue weighted by Crippen LogP contribution is 2.29. The lowest BCUT2D eigenvalue weighted by Gasteiger charge is -2.27. The van der Waals surface area contributed by atoms with Crippen molar-refractivity contribution in [3.63, 3.8) is 0 Å². The van der Waals surface area contributed by atoms with Crippen molar-refractivity contribution in [2.24, 2.45) is 5.92 Å². The number of rotatable bonds is 8. The molecule has 0 unspecified atom stereocenters. The number of alkyl halides is 1. The molecule has 2 aromatic carbocycles. The predicted octanol–water partition coefficient (Wildman–Crippen LogP) is 4.88. The van der Waals surface area contributed by atoms with Crippen molar-refractivity contribution in [2.45, 2.75) is 45.1 Å². The molecule has 1 N–H and O–H groups in total. The van der Waals surface area contributed by atoms with Crippen LogP contribution in [0.4, 0.5) is 4.39 Å². The molecule has 1 saturated carbocycles. The largest absolute Gasteiger partial charge is 0.493 e. The van der Waals surface area contributed by atoms with Gasteiger partial charge < -0.3 is 14.8 Å². The van der Waals surface area contributed by atoms with Crippen LogP contribution in [0.3, 0.4) is 0 Å². The zero-order valence-corrected chi connectivity index (χ0v) is 17.2.